The molecule has 0 radical (unpaired) electrons. The van der Waals surface area contributed by atoms with E-state index < -0.39 is 0 Å². The molecule has 1 aromatic heterocycles. The van der Waals surface area contributed by atoms with E-state index in [4.69, 9.17) is 0 Å². The van der Waals surface area contributed by atoms with Crippen LogP contribution in [0.2, 0.25) is 0 Å². The number of esters is 1. The summed E-state index contributed by atoms with van der Waals surface area (Å²) in [5, 5.41) is 3.65. The number of hydrogen-bond donors (Lipinski definition) is 0. The van der Waals surface area contributed by atoms with Gasteiger partial charge >= 0.3 is 5.97 Å². The van der Waals surface area contributed by atoms with Gasteiger partial charge in [-0.05, 0) is 0 Å². The molecule has 0 fully saturated rings. The lowest BCUT2D eigenvalue weighted by molar-refractivity contribution is -0.143. The number of methoxy groups -OCH3 is 1. The Kier molecular flexibility index (Phi) is 4.45. The SMILES string of the molecule is COC(=O)C(C)CSCc1ncon1. The minimum absolute atomic E-state index is 0.100. The zero-order chi connectivity index (χ0) is 10.4. The molecule has 0 aliphatic rings. The molecule has 1 heterocycles. The largest absolute Gasteiger partial charge is 0.469 e. The first kappa shape index (κ1) is 11.0. The highest BCUT2D eigenvalue weighted by atomic mass is 32.2. The quantitative estimate of drug-likeness (QED) is 0.687. The number of ether oxygens (including phenoxy) is 1. The molecule has 5 nitrogen and oxygen atoms in total. The summed E-state index contributed by atoms with van der Waals surface area (Å²) >= 11 is 1.58. The third kappa shape index (κ3) is 3.37. The molecule has 1 aromatic rings. The predicted octanol–water partition coefficient (Wildman–Crippen LogP) is 1.11. The minimum Gasteiger partial charge on any atom is -0.469 e. The van der Waals surface area contributed by atoms with Crippen molar-refractivity contribution in [3.05, 3.63) is 12.2 Å². The van der Waals surface area contributed by atoms with Gasteiger partial charge < -0.3 is 9.26 Å². The predicted molar refractivity (Wildman–Crippen MR) is 51.6 cm³/mol. The van der Waals surface area contributed by atoms with Gasteiger partial charge in [0.25, 0.3) is 0 Å². The number of thioether (sulfide) groups is 1. The average Bonchev–Trinajstić information content (AvgIpc) is 2.69. The standard InChI is InChI=1S/C8H12N2O3S/c1-6(8(11)12-2)3-14-4-7-9-5-13-10-7/h5-6H,3-4H2,1-2H3. The number of carbonyl (C=O) groups is 1. The smallest absolute Gasteiger partial charge is 0.309 e. The first-order valence-corrected chi connectivity index (χ1v) is 5.30. The van der Waals surface area contributed by atoms with E-state index in [0.29, 0.717) is 17.3 Å². The lowest BCUT2D eigenvalue weighted by Gasteiger charge is -2.06. The van der Waals surface area contributed by atoms with Crippen LogP contribution < -0.4 is 0 Å². The van der Waals surface area contributed by atoms with E-state index in [1.165, 1.54) is 13.5 Å². The molecule has 1 unspecified atom stereocenters. The molecule has 0 saturated carbocycles. The second-order valence-electron chi connectivity index (χ2n) is 2.79. The van der Waals surface area contributed by atoms with E-state index in [2.05, 4.69) is 19.4 Å². The van der Waals surface area contributed by atoms with E-state index in [1.54, 1.807) is 11.8 Å². The van der Waals surface area contributed by atoms with Gasteiger partial charge in [-0.25, -0.2) is 0 Å². The van der Waals surface area contributed by atoms with E-state index in [-0.39, 0.29) is 11.9 Å². The first-order valence-electron chi connectivity index (χ1n) is 4.15. The van der Waals surface area contributed by atoms with Crippen LogP contribution in [0.3, 0.4) is 0 Å². The second kappa shape index (κ2) is 5.64. The molecule has 0 aliphatic heterocycles. The highest BCUT2D eigenvalue weighted by Gasteiger charge is 2.13. The van der Waals surface area contributed by atoms with Crippen molar-refractivity contribution in [2.75, 3.05) is 12.9 Å². The Bertz CT molecular complexity index is 276. The summed E-state index contributed by atoms with van der Waals surface area (Å²) in [4.78, 5) is 14.9. The molecule has 0 aromatic carbocycles. The molecule has 0 aliphatic carbocycles. The Hall–Kier alpha value is -1.04. The molecule has 14 heavy (non-hydrogen) atoms. The van der Waals surface area contributed by atoms with Crippen molar-refractivity contribution >= 4 is 17.7 Å². The highest BCUT2D eigenvalue weighted by Crippen LogP contribution is 2.13. The molecule has 0 amide bonds. The van der Waals surface area contributed by atoms with Crippen molar-refractivity contribution in [1.82, 2.24) is 10.1 Å². The van der Waals surface area contributed by atoms with Gasteiger partial charge in [0, 0.05) is 5.75 Å². The maximum Gasteiger partial charge on any atom is 0.309 e. The number of rotatable bonds is 5. The summed E-state index contributed by atoms with van der Waals surface area (Å²) in [5.41, 5.74) is 0. The van der Waals surface area contributed by atoms with E-state index >= 15 is 0 Å². The van der Waals surface area contributed by atoms with Crippen LogP contribution in [-0.4, -0.2) is 29.0 Å². The third-order valence-corrected chi connectivity index (χ3v) is 2.81. The summed E-state index contributed by atoms with van der Waals surface area (Å²) in [7, 11) is 1.39. The van der Waals surface area contributed by atoms with Gasteiger partial charge in [-0.3, -0.25) is 4.79 Å². The Balaban J connectivity index is 2.18. The van der Waals surface area contributed by atoms with Crippen LogP contribution >= 0.6 is 11.8 Å². The molecule has 1 rings (SSSR count). The molecule has 0 N–H and O–H groups in total. The van der Waals surface area contributed by atoms with Gasteiger partial charge in [0.15, 0.2) is 5.82 Å². The second-order valence-corrected chi connectivity index (χ2v) is 3.82. The Morgan fingerprint density at radius 1 is 1.79 bits per heavy atom. The zero-order valence-electron chi connectivity index (χ0n) is 8.10. The van der Waals surface area contributed by atoms with Crippen molar-refractivity contribution in [3.8, 4) is 0 Å². The summed E-state index contributed by atoms with van der Waals surface area (Å²) in [6.45, 7) is 1.83. The highest BCUT2D eigenvalue weighted by molar-refractivity contribution is 7.98. The molecular formula is C8H12N2O3S. The van der Waals surface area contributed by atoms with Gasteiger partial charge in [-0.2, -0.15) is 16.7 Å². The maximum atomic E-state index is 11.0. The van der Waals surface area contributed by atoms with E-state index in [9.17, 15) is 4.79 Å². The normalized spacial score (nSPS) is 12.4. The Morgan fingerprint density at radius 3 is 3.14 bits per heavy atom. The molecule has 6 heteroatoms. The number of aromatic nitrogens is 2. The van der Waals surface area contributed by atoms with Gasteiger partial charge in [-0.15, -0.1) is 0 Å². The minimum atomic E-state index is -0.189. The van der Waals surface area contributed by atoms with Crippen LogP contribution in [-0.2, 0) is 15.3 Å². The molecular weight excluding hydrogens is 204 g/mol. The number of hydrogen-bond acceptors (Lipinski definition) is 6. The van der Waals surface area contributed by atoms with Crippen LogP contribution in [0.4, 0.5) is 0 Å². The van der Waals surface area contributed by atoms with Crippen LogP contribution in [0.25, 0.3) is 0 Å². The number of nitrogens with zero attached hydrogens (tertiary/aromatic N) is 2. The van der Waals surface area contributed by atoms with E-state index in [0.717, 1.165) is 0 Å². The molecule has 78 valence electrons. The van der Waals surface area contributed by atoms with Crippen molar-refractivity contribution < 1.29 is 14.1 Å². The number of carbonyl (C=O) groups excluding carboxylic acids is 1. The lowest BCUT2D eigenvalue weighted by Crippen LogP contribution is -2.14. The fraction of sp³-hybridized carbons (Fsp3) is 0.625. The summed E-state index contributed by atoms with van der Waals surface area (Å²) in [6, 6.07) is 0. The van der Waals surface area contributed by atoms with E-state index in [1.807, 2.05) is 6.92 Å². The van der Waals surface area contributed by atoms with Crippen molar-refractivity contribution in [1.29, 1.82) is 0 Å². The van der Waals surface area contributed by atoms with Gasteiger partial charge in [0.2, 0.25) is 6.39 Å². The fourth-order valence-electron chi connectivity index (χ4n) is 0.852. The molecule has 1 atom stereocenters. The summed E-state index contributed by atoms with van der Waals surface area (Å²) in [6.07, 6.45) is 1.29. The van der Waals surface area contributed by atoms with Gasteiger partial charge in [-0.1, -0.05) is 12.1 Å². The van der Waals surface area contributed by atoms with Crippen LogP contribution in [0.1, 0.15) is 12.7 Å². The molecule has 0 spiro atoms. The van der Waals surface area contributed by atoms with Crippen LogP contribution in [0.15, 0.2) is 10.9 Å². The fourth-order valence-corrected chi connectivity index (χ4v) is 1.77. The van der Waals surface area contributed by atoms with Crippen LogP contribution in [0.5, 0.6) is 0 Å². The monoisotopic (exact) mass is 216 g/mol. The molecule has 0 bridgehead atoms. The molecule has 0 saturated heterocycles. The van der Waals surface area contributed by atoms with Crippen molar-refractivity contribution in [2.24, 2.45) is 5.92 Å². The Labute approximate surface area is 86.2 Å². The first-order chi connectivity index (χ1) is 6.74. The third-order valence-electron chi connectivity index (χ3n) is 1.61. The van der Waals surface area contributed by atoms with Crippen molar-refractivity contribution in [2.45, 2.75) is 12.7 Å². The Morgan fingerprint density at radius 2 is 2.57 bits per heavy atom. The van der Waals surface area contributed by atoms with Gasteiger partial charge in [0.05, 0.1) is 18.8 Å². The summed E-state index contributed by atoms with van der Waals surface area (Å²) in [5.74, 6) is 1.70. The van der Waals surface area contributed by atoms with Crippen molar-refractivity contribution in [3.63, 3.8) is 0 Å². The maximum absolute atomic E-state index is 11.0. The van der Waals surface area contributed by atoms with Gasteiger partial charge in [0.1, 0.15) is 0 Å². The average molecular weight is 216 g/mol. The lowest BCUT2D eigenvalue weighted by atomic mass is 10.2. The summed E-state index contributed by atoms with van der Waals surface area (Å²) < 4.78 is 9.17. The topological polar surface area (TPSA) is 65.2 Å². The zero-order valence-corrected chi connectivity index (χ0v) is 8.91. The van der Waals surface area contributed by atoms with Crippen LogP contribution in [0, 0.1) is 5.92 Å².